The van der Waals surface area contributed by atoms with Crippen LogP contribution in [0.2, 0.25) is 0 Å². The highest BCUT2D eigenvalue weighted by molar-refractivity contribution is 5.65. The van der Waals surface area contributed by atoms with Crippen LogP contribution in [0.5, 0.6) is 0 Å². The molecule has 0 heterocycles. The minimum atomic E-state index is -0.561. The molecule has 0 saturated carbocycles. The summed E-state index contributed by atoms with van der Waals surface area (Å²) in [5, 5.41) is 0. The Morgan fingerprint density at radius 1 is 0.938 bits per heavy atom. The van der Waals surface area contributed by atoms with Gasteiger partial charge in [0.05, 0.1) is 5.56 Å². The van der Waals surface area contributed by atoms with Crippen molar-refractivity contribution >= 4 is 0 Å². The number of halogens is 2. The van der Waals surface area contributed by atoms with E-state index in [-0.39, 0.29) is 5.56 Å². The van der Waals surface area contributed by atoms with Crippen LogP contribution in [-0.2, 0) is 6.54 Å². The molecule has 0 aliphatic carbocycles. The van der Waals surface area contributed by atoms with E-state index in [2.05, 4.69) is 0 Å². The maximum Gasteiger partial charge on any atom is 0.133 e. The molecule has 2 N–H and O–H groups in total. The highest BCUT2D eigenvalue weighted by Crippen LogP contribution is 2.26. The van der Waals surface area contributed by atoms with Gasteiger partial charge in [-0.05, 0) is 29.3 Å². The zero-order valence-corrected chi connectivity index (χ0v) is 8.58. The zero-order valence-electron chi connectivity index (χ0n) is 8.58. The fraction of sp³-hybridized carbons (Fsp3) is 0.0769. The summed E-state index contributed by atoms with van der Waals surface area (Å²) in [4.78, 5) is 0. The molecule has 0 radical (unpaired) electrons. The second-order valence-corrected chi connectivity index (χ2v) is 3.50. The molecule has 0 atom stereocenters. The van der Waals surface area contributed by atoms with Gasteiger partial charge in [-0.3, -0.25) is 0 Å². The average Bonchev–Trinajstić information content (AvgIpc) is 2.29. The minimum Gasteiger partial charge on any atom is -0.326 e. The number of nitrogens with two attached hydrogens (primary N) is 1. The smallest absolute Gasteiger partial charge is 0.133 e. The molecule has 0 amide bonds. The van der Waals surface area contributed by atoms with Crippen LogP contribution in [0.15, 0.2) is 42.5 Å². The van der Waals surface area contributed by atoms with Crippen molar-refractivity contribution in [1.29, 1.82) is 0 Å². The predicted octanol–water partition coefficient (Wildman–Crippen LogP) is 3.09. The van der Waals surface area contributed by atoms with Gasteiger partial charge in [0.2, 0.25) is 0 Å². The second-order valence-electron chi connectivity index (χ2n) is 3.50. The van der Waals surface area contributed by atoms with Crippen molar-refractivity contribution in [3.63, 3.8) is 0 Å². The van der Waals surface area contributed by atoms with E-state index < -0.39 is 11.6 Å². The largest absolute Gasteiger partial charge is 0.326 e. The van der Waals surface area contributed by atoms with Crippen molar-refractivity contribution in [2.75, 3.05) is 0 Å². The summed E-state index contributed by atoms with van der Waals surface area (Å²) in [7, 11) is 0. The highest BCUT2D eigenvalue weighted by atomic mass is 19.1. The Morgan fingerprint density at radius 3 is 2.19 bits per heavy atom. The maximum atomic E-state index is 13.5. The number of hydrogen-bond acceptors (Lipinski definition) is 1. The van der Waals surface area contributed by atoms with Crippen molar-refractivity contribution in [3.8, 4) is 11.1 Å². The Kier molecular flexibility index (Phi) is 2.97. The van der Waals surface area contributed by atoms with Crippen LogP contribution in [0.3, 0.4) is 0 Å². The van der Waals surface area contributed by atoms with Gasteiger partial charge >= 0.3 is 0 Å². The monoisotopic (exact) mass is 219 g/mol. The molecule has 0 bridgehead atoms. The van der Waals surface area contributed by atoms with Gasteiger partial charge in [-0.15, -0.1) is 0 Å². The molecule has 2 rings (SSSR count). The van der Waals surface area contributed by atoms with E-state index in [1.54, 1.807) is 18.2 Å². The Bertz CT molecular complexity index is 489. The molecular weight excluding hydrogens is 208 g/mol. The molecule has 0 aromatic heterocycles. The lowest BCUT2D eigenvalue weighted by atomic mass is 10.0. The third-order valence-corrected chi connectivity index (χ3v) is 2.41. The second kappa shape index (κ2) is 4.41. The summed E-state index contributed by atoms with van der Waals surface area (Å²) in [5.74, 6) is -1.12. The molecule has 0 saturated heterocycles. The van der Waals surface area contributed by atoms with Gasteiger partial charge in [-0.1, -0.05) is 24.3 Å². The number of hydrogen-bond donors (Lipinski definition) is 1. The maximum absolute atomic E-state index is 13.5. The first-order valence-electron chi connectivity index (χ1n) is 4.96. The summed E-state index contributed by atoms with van der Waals surface area (Å²) < 4.78 is 27.0. The molecule has 1 nitrogen and oxygen atoms in total. The third kappa shape index (κ3) is 1.95. The summed E-state index contributed by atoms with van der Waals surface area (Å²) >= 11 is 0. The Labute approximate surface area is 92.5 Å². The van der Waals surface area contributed by atoms with Crippen molar-refractivity contribution in [2.24, 2.45) is 5.73 Å². The summed E-state index contributed by atoms with van der Waals surface area (Å²) in [5.41, 5.74) is 6.84. The van der Waals surface area contributed by atoms with Gasteiger partial charge in [0, 0.05) is 6.54 Å². The Hall–Kier alpha value is -1.74. The van der Waals surface area contributed by atoms with Crippen LogP contribution < -0.4 is 5.73 Å². The first-order valence-corrected chi connectivity index (χ1v) is 4.96. The Morgan fingerprint density at radius 2 is 1.56 bits per heavy atom. The van der Waals surface area contributed by atoms with Gasteiger partial charge in [-0.25, -0.2) is 8.78 Å². The van der Waals surface area contributed by atoms with Crippen molar-refractivity contribution < 1.29 is 8.78 Å². The number of rotatable bonds is 2. The first-order chi connectivity index (χ1) is 7.72. The van der Waals surface area contributed by atoms with E-state index in [9.17, 15) is 8.78 Å². The van der Waals surface area contributed by atoms with Gasteiger partial charge in [0.1, 0.15) is 11.6 Å². The summed E-state index contributed by atoms with van der Waals surface area (Å²) in [6.07, 6.45) is 0. The standard InChI is InChI=1S/C13H11F2N/c14-11-5-2-6-12(15)13(11)10-4-1-3-9(7-10)8-16/h1-7H,8,16H2. The predicted molar refractivity (Wildman–Crippen MR) is 59.7 cm³/mol. The molecule has 16 heavy (non-hydrogen) atoms. The Balaban J connectivity index is 2.58. The quantitative estimate of drug-likeness (QED) is 0.825. The zero-order chi connectivity index (χ0) is 11.5. The van der Waals surface area contributed by atoms with Crippen LogP contribution in [0.4, 0.5) is 8.78 Å². The van der Waals surface area contributed by atoms with E-state index >= 15 is 0 Å². The molecule has 0 unspecified atom stereocenters. The summed E-state index contributed by atoms with van der Waals surface area (Å²) in [6.45, 7) is 0.351. The van der Waals surface area contributed by atoms with Crippen LogP contribution >= 0.6 is 0 Å². The minimum absolute atomic E-state index is 0.00204. The van der Waals surface area contributed by atoms with Crippen LogP contribution in [0.25, 0.3) is 11.1 Å². The molecule has 3 heteroatoms. The fourth-order valence-electron chi connectivity index (χ4n) is 1.63. The van der Waals surface area contributed by atoms with Crippen LogP contribution in [0.1, 0.15) is 5.56 Å². The van der Waals surface area contributed by atoms with Gasteiger partial charge in [-0.2, -0.15) is 0 Å². The lowest BCUT2D eigenvalue weighted by Crippen LogP contribution is -1.97. The normalized spacial score (nSPS) is 10.4. The van der Waals surface area contributed by atoms with E-state index in [0.29, 0.717) is 12.1 Å². The molecule has 0 fully saturated rings. The molecule has 2 aromatic rings. The highest BCUT2D eigenvalue weighted by Gasteiger charge is 2.10. The topological polar surface area (TPSA) is 26.0 Å². The van der Waals surface area contributed by atoms with E-state index in [4.69, 9.17) is 5.73 Å². The molecular formula is C13H11F2N. The van der Waals surface area contributed by atoms with Gasteiger partial charge < -0.3 is 5.73 Å². The molecule has 82 valence electrons. The fourth-order valence-corrected chi connectivity index (χ4v) is 1.63. The molecule has 0 aliphatic rings. The average molecular weight is 219 g/mol. The lowest BCUT2D eigenvalue weighted by molar-refractivity contribution is 0.589. The summed E-state index contributed by atoms with van der Waals surface area (Å²) in [6, 6.07) is 10.8. The third-order valence-electron chi connectivity index (χ3n) is 2.41. The van der Waals surface area contributed by atoms with Crippen LogP contribution in [0, 0.1) is 11.6 Å². The first kappa shape index (κ1) is 10.8. The molecule has 0 aliphatic heterocycles. The van der Waals surface area contributed by atoms with Crippen molar-refractivity contribution in [2.45, 2.75) is 6.54 Å². The molecule has 2 aromatic carbocycles. The van der Waals surface area contributed by atoms with E-state index in [1.165, 1.54) is 18.2 Å². The van der Waals surface area contributed by atoms with E-state index in [0.717, 1.165) is 5.56 Å². The van der Waals surface area contributed by atoms with Crippen LogP contribution in [-0.4, -0.2) is 0 Å². The van der Waals surface area contributed by atoms with E-state index in [1.807, 2.05) is 6.07 Å². The van der Waals surface area contributed by atoms with Gasteiger partial charge in [0.25, 0.3) is 0 Å². The van der Waals surface area contributed by atoms with Crippen molar-refractivity contribution in [3.05, 3.63) is 59.7 Å². The van der Waals surface area contributed by atoms with Crippen molar-refractivity contribution in [1.82, 2.24) is 0 Å². The van der Waals surface area contributed by atoms with Gasteiger partial charge in [0.15, 0.2) is 0 Å². The SMILES string of the molecule is NCc1cccc(-c2c(F)cccc2F)c1. The molecule has 0 spiro atoms. The number of benzene rings is 2. The lowest BCUT2D eigenvalue weighted by Gasteiger charge is -2.06.